The van der Waals surface area contributed by atoms with Gasteiger partial charge in [0.15, 0.2) is 0 Å². The van der Waals surface area contributed by atoms with Crippen molar-refractivity contribution in [3.63, 3.8) is 0 Å². The summed E-state index contributed by atoms with van der Waals surface area (Å²) in [5, 5.41) is 12.0. The molecule has 156 valence electrons. The van der Waals surface area contributed by atoms with Gasteiger partial charge in [0.05, 0.1) is 33.8 Å². The van der Waals surface area contributed by atoms with Crippen LogP contribution >= 0.6 is 22.9 Å². The van der Waals surface area contributed by atoms with E-state index in [1.807, 2.05) is 12.1 Å². The van der Waals surface area contributed by atoms with E-state index in [1.165, 1.54) is 16.2 Å². The van der Waals surface area contributed by atoms with Crippen molar-refractivity contribution >= 4 is 40.4 Å². The third-order valence-corrected chi connectivity index (χ3v) is 6.61. The van der Waals surface area contributed by atoms with Gasteiger partial charge in [-0.25, -0.2) is 0 Å². The first-order valence-corrected chi connectivity index (χ1v) is 10.7. The number of nitrogens with one attached hydrogen (secondary N) is 1. The largest absolute Gasteiger partial charge is 0.493 e. The maximum atomic E-state index is 13.2. The van der Waals surface area contributed by atoms with Crippen LogP contribution in [0.25, 0.3) is 10.4 Å². The number of nitriles is 1. The van der Waals surface area contributed by atoms with Crippen LogP contribution < -0.4 is 15.0 Å². The Bertz CT molecular complexity index is 1250. The lowest BCUT2D eigenvalue weighted by atomic mass is 10.1. The van der Waals surface area contributed by atoms with Crippen molar-refractivity contribution in [3.8, 4) is 22.3 Å². The maximum absolute atomic E-state index is 13.2. The predicted octanol–water partition coefficient (Wildman–Crippen LogP) is 4.51. The molecule has 0 saturated carbocycles. The summed E-state index contributed by atoms with van der Waals surface area (Å²) >= 11 is 7.75. The van der Waals surface area contributed by atoms with E-state index in [1.54, 1.807) is 44.4 Å². The van der Waals surface area contributed by atoms with Crippen LogP contribution in [0.2, 0.25) is 5.02 Å². The van der Waals surface area contributed by atoms with Gasteiger partial charge in [0.1, 0.15) is 5.75 Å². The summed E-state index contributed by atoms with van der Waals surface area (Å²) in [6.45, 7) is 0.474. The third-order valence-electron chi connectivity index (χ3n) is 5.11. The molecule has 0 atom stereocenters. The average Bonchev–Trinajstić information content (AvgIpc) is 3.13. The predicted molar refractivity (Wildman–Crippen MR) is 121 cm³/mol. The van der Waals surface area contributed by atoms with Gasteiger partial charge in [0, 0.05) is 36.5 Å². The smallest absolute Gasteiger partial charge is 0.268 e. The highest BCUT2D eigenvalue weighted by Gasteiger charge is 2.24. The number of ether oxygens (including phenoxy) is 1. The highest BCUT2D eigenvalue weighted by atomic mass is 35.5. The fourth-order valence-electron chi connectivity index (χ4n) is 3.46. The zero-order chi connectivity index (χ0) is 22.1. The van der Waals surface area contributed by atoms with Crippen LogP contribution in [0.3, 0.4) is 0 Å². The van der Waals surface area contributed by atoms with Gasteiger partial charge in [0.25, 0.3) is 11.8 Å². The van der Waals surface area contributed by atoms with E-state index in [0.717, 1.165) is 16.0 Å². The van der Waals surface area contributed by atoms with E-state index in [9.17, 15) is 9.59 Å². The number of halogens is 1. The molecule has 0 unspecified atom stereocenters. The van der Waals surface area contributed by atoms with Crippen LogP contribution in [0, 0.1) is 11.3 Å². The van der Waals surface area contributed by atoms with Crippen molar-refractivity contribution in [2.24, 2.45) is 0 Å². The molecule has 1 aliphatic rings. The molecule has 1 aliphatic heterocycles. The highest BCUT2D eigenvalue weighted by Crippen LogP contribution is 2.41. The molecule has 0 spiro atoms. The fourth-order valence-corrected chi connectivity index (χ4v) is 4.98. The van der Waals surface area contributed by atoms with E-state index < -0.39 is 0 Å². The number of carbonyl (C=O) groups excluding carboxylic acids is 2. The number of rotatable bonds is 3. The van der Waals surface area contributed by atoms with Gasteiger partial charge < -0.3 is 15.0 Å². The van der Waals surface area contributed by atoms with Crippen molar-refractivity contribution in [1.82, 2.24) is 5.32 Å². The average molecular weight is 452 g/mol. The fraction of sp³-hybridized carbons (Fsp3) is 0.174. The number of nitrogens with zero attached hydrogens (tertiary/aromatic N) is 2. The first kappa shape index (κ1) is 20.9. The molecule has 6 nitrogen and oxygen atoms in total. The minimum Gasteiger partial charge on any atom is -0.493 e. The zero-order valence-electron chi connectivity index (χ0n) is 16.9. The van der Waals surface area contributed by atoms with Crippen LogP contribution in [-0.4, -0.2) is 32.5 Å². The molecule has 1 N–H and O–H groups in total. The van der Waals surface area contributed by atoms with Gasteiger partial charge in [-0.2, -0.15) is 5.26 Å². The van der Waals surface area contributed by atoms with Gasteiger partial charge >= 0.3 is 0 Å². The van der Waals surface area contributed by atoms with E-state index in [2.05, 4.69) is 11.4 Å². The van der Waals surface area contributed by atoms with E-state index in [0.29, 0.717) is 45.5 Å². The molecule has 2 amide bonds. The number of fused-ring (bicyclic) bond motifs is 3. The second-order valence-electron chi connectivity index (χ2n) is 7.00. The lowest BCUT2D eigenvalue weighted by molar-refractivity contribution is 0.0962. The molecule has 2 heterocycles. The molecule has 0 radical (unpaired) electrons. The second-order valence-corrected chi connectivity index (χ2v) is 8.46. The summed E-state index contributed by atoms with van der Waals surface area (Å²) in [5.41, 5.74) is 3.39. The Balaban J connectivity index is 1.67. The molecule has 4 rings (SSSR count). The second kappa shape index (κ2) is 8.42. The minimum atomic E-state index is -0.245. The van der Waals surface area contributed by atoms with Gasteiger partial charge in [-0.05, 0) is 48.0 Å². The van der Waals surface area contributed by atoms with E-state index >= 15 is 0 Å². The summed E-state index contributed by atoms with van der Waals surface area (Å²) in [7, 11) is 3.20. The van der Waals surface area contributed by atoms with Crippen molar-refractivity contribution in [1.29, 1.82) is 5.26 Å². The molecule has 0 saturated heterocycles. The van der Waals surface area contributed by atoms with Crippen molar-refractivity contribution in [3.05, 3.63) is 69.1 Å². The SMILES string of the molecule is CNC(=O)c1ccc(N(C)C(=O)c2cc3c(s2)-c2ccc(C#N)cc2OCC3)c(Cl)c1. The molecule has 1 aromatic heterocycles. The topological polar surface area (TPSA) is 82.4 Å². The van der Waals surface area contributed by atoms with Crippen LogP contribution in [-0.2, 0) is 6.42 Å². The van der Waals surface area contributed by atoms with Gasteiger partial charge in [0.2, 0.25) is 0 Å². The minimum absolute atomic E-state index is 0.191. The molecule has 31 heavy (non-hydrogen) atoms. The first-order valence-electron chi connectivity index (χ1n) is 9.52. The van der Waals surface area contributed by atoms with Crippen LogP contribution in [0.1, 0.15) is 31.2 Å². The highest BCUT2D eigenvalue weighted by molar-refractivity contribution is 7.17. The van der Waals surface area contributed by atoms with E-state index in [-0.39, 0.29) is 11.8 Å². The van der Waals surface area contributed by atoms with Crippen LogP contribution in [0.5, 0.6) is 5.75 Å². The molecule has 3 aromatic rings. The third kappa shape index (κ3) is 3.88. The van der Waals surface area contributed by atoms with Gasteiger partial charge in [-0.1, -0.05) is 11.6 Å². The molecular weight excluding hydrogens is 434 g/mol. The monoisotopic (exact) mass is 451 g/mol. The van der Waals surface area contributed by atoms with E-state index in [4.69, 9.17) is 21.6 Å². The standard InChI is InChI=1S/C23H18ClN3O3S/c1-26-22(28)15-4-6-18(17(24)10-15)27(2)23(29)20-11-14-7-8-30-19-9-13(12-25)3-5-16(19)21(14)31-20/h3-6,9-11H,7-8H2,1-2H3,(H,26,28). The van der Waals surface area contributed by atoms with Crippen LogP contribution in [0.15, 0.2) is 42.5 Å². The van der Waals surface area contributed by atoms with Crippen molar-refractivity contribution < 1.29 is 14.3 Å². The number of anilines is 1. The number of benzene rings is 2. The Morgan fingerprint density at radius 3 is 2.74 bits per heavy atom. The van der Waals surface area contributed by atoms with Gasteiger partial charge in [-0.15, -0.1) is 11.3 Å². The molecule has 0 aliphatic carbocycles. The lowest BCUT2D eigenvalue weighted by Crippen LogP contribution is -2.26. The molecule has 2 aromatic carbocycles. The Morgan fingerprint density at radius 2 is 2.03 bits per heavy atom. The van der Waals surface area contributed by atoms with Crippen molar-refractivity contribution in [2.75, 3.05) is 25.6 Å². The number of thiophene rings is 1. The number of hydrogen-bond donors (Lipinski definition) is 1. The normalized spacial score (nSPS) is 11.9. The Hall–Kier alpha value is -3.34. The maximum Gasteiger partial charge on any atom is 0.268 e. The lowest BCUT2D eigenvalue weighted by Gasteiger charge is -2.18. The Labute approximate surface area is 188 Å². The van der Waals surface area contributed by atoms with Crippen LogP contribution in [0.4, 0.5) is 5.69 Å². The molecular formula is C23H18ClN3O3S. The van der Waals surface area contributed by atoms with Gasteiger partial charge in [-0.3, -0.25) is 9.59 Å². The quantitative estimate of drug-likeness (QED) is 0.635. The first-order chi connectivity index (χ1) is 14.9. The summed E-state index contributed by atoms with van der Waals surface area (Å²) in [6, 6.07) is 14.2. The zero-order valence-corrected chi connectivity index (χ0v) is 18.4. The molecule has 8 heteroatoms. The Morgan fingerprint density at radius 1 is 1.23 bits per heavy atom. The summed E-state index contributed by atoms with van der Waals surface area (Å²) < 4.78 is 5.81. The number of hydrogen-bond acceptors (Lipinski definition) is 5. The Kier molecular flexibility index (Phi) is 5.68. The summed E-state index contributed by atoms with van der Waals surface area (Å²) in [6.07, 6.45) is 0.668. The molecule has 0 fully saturated rings. The number of carbonyl (C=O) groups is 2. The summed E-state index contributed by atoms with van der Waals surface area (Å²) in [5.74, 6) is 0.216. The molecule has 0 bridgehead atoms. The van der Waals surface area contributed by atoms with Crippen molar-refractivity contribution in [2.45, 2.75) is 6.42 Å². The summed E-state index contributed by atoms with van der Waals surface area (Å²) in [4.78, 5) is 28.1. The number of amides is 2.